The largest absolute Gasteiger partial charge is 0.236 e. The van der Waals surface area contributed by atoms with E-state index in [0.29, 0.717) is 0 Å². The number of aryl methyl sites for hydroxylation is 1. The average Bonchev–Trinajstić information content (AvgIpc) is 2.47. The minimum absolute atomic E-state index is 0.807. The van der Waals surface area contributed by atoms with E-state index in [1.807, 2.05) is 30.3 Å². The Hall–Kier alpha value is -1.53. The van der Waals surface area contributed by atoms with Crippen LogP contribution in [0.5, 0.6) is 0 Å². The highest BCUT2D eigenvalue weighted by Gasteiger charge is 2.08. The molecule has 6 heteroatoms. The van der Waals surface area contributed by atoms with Crippen LogP contribution in [0, 0.1) is 0 Å². The van der Waals surface area contributed by atoms with Gasteiger partial charge in [-0.05, 0) is 40.2 Å². The number of benzene rings is 1. The normalized spacial score (nSPS) is 11.0. The lowest BCUT2D eigenvalue weighted by Gasteiger charge is -2.06. The number of fused-ring (bicyclic) bond motifs is 1. The Kier molecular flexibility index (Phi) is 4.45. The summed E-state index contributed by atoms with van der Waals surface area (Å²) in [7, 11) is 0. The molecule has 3 rings (SSSR count). The molecule has 1 aromatic carbocycles. The molecule has 0 N–H and O–H groups in total. The van der Waals surface area contributed by atoms with E-state index in [1.165, 1.54) is 11.8 Å². The zero-order chi connectivity index (χ0) is 14.7. The van der Waals surface area contributed by atoms with Crippen molar-refractivity contribution in [2.24, 2.45) is 0 Å². The molecule has 0 fully saturated rings. The van der Waals surface area contributed by atoms with E-state index in [4.69, 9.17) is 0 Å². The van der Waals surface area contributed by atoms with E-state index in [0.717, 1.165) is 44.2 Å². The van der Waals surface area contributed by atoms with Crippen LogP contribution in [0.1, 0.15) is 19.2 Å². The van der Waals surface area contributed by atoms with Crippen molar-refractivity contribution in [3.05, 3.63) is 47.1 Å². The van der Waals surface area contributed by atoms with Gasteiger partial charge in [0.2, 0.25) is 0 Å². The standard InChI is InChI=1S/C15H13BrN4S/c1-2-5-13-19-12(16)8-14(20-13)21-15-10-6-3-4-7-11(10)17-9-18-15/h3-4,6-9H,2,5H2,1H3. The van der Waals surface area contributed by atoms with Crippen molar-refractivity contribution in [2.75, 3.05) is 0 Å². The van der Waals surface area contributed by atoms with Gasteiger partial charge in [0, 0.05) is 17.9 Å². The fourth-order valence-electron chi connectivity index (χ4n) is 1.99. The van der Waals surface area contributed by atoms with Crippen LogP contribution in [0.4, 0.5) is 0 Å². The second-order valence-corrected chi connectivity index (χ2v) is 6.31. The summed E-state index contributed by atoms with van der Waals surface area (Å²) in [5, 5.41) is 2.84. The zero-order valence-corrected chi connectivity index (χ0v) is 13.9. The zero-order valence-electron chi connectivity index (χ0n) is 11.5. The molecule has 0 saturated heterocycles. The highest BCUT2D eigenvalue weighted by Crippen LogP contribution is 2.30. The fraction of sp³-hybridized carbons (Fsp3) is 0.200. The number of rotatable bonds is 4. The highest BCUT2D eigenvalue weighted by molar-refractivity contribution is 9.10. The average molecular weight is 361 g/mol. The number of para-hydroxylation sites is 1. The second-order valence-electron chi connectivity index (χ2n) is 4.49. The maximum absolute atomic E-state index is 4.59. The van der Waals surface area contributed by atoms with E-state index in [2.05, 4.69) is 42.8 Å². The van der Waals surface area contributed by atoms with Crippen molar-refractivity contribution < 1.29 is 0 Å². The lowest BCUT2D eigenvalue weighted by Crippen LogP contribution is -1.97. The first-order valence-corrected chi connectivity index (χ1v) is 8.28. The summed E-state index contributed by atoms with van der Waals surface area (Å²) in [6.07, 6.45) is 3.49. The molecule has 0 saturated carbocycles. The third-order valence-corrected chi connectivity index (χ3v) is 4.24. The van der Waals surface area contributed by atoms with Gasteiger partial charge in [0.15, 0.2) is 0 Å². The van der Waals surface area contributed by atoms with Crippen molar-refractivity contribution in [1.82, 2.24) is 19.9 Å². The Labute approximate surface area is 135 Å². The Morgan fingerprint density at radius 2 is 2.00 bits per heavy atom. The summed E-state index contributed by atoms with van der Waals surface area (Å²) < 4.78 is 0.807. The predicted octanol–water partition coefficient (Wildman–Crippen LogP) is 4.29. The first-order valence-electron chi connectivity index (χ1n) is 6.67. The molecule has 2 aromatic heterocycles. The van der Waals surface area contributed by atoms with E-state index in [9.17, 15) is 0 Å². The van der Waals surface area contributed by atoms with E-state index < -0.39 is 0 Å². The monoisotopic (exact) mass is 360 g/mol. The van der Waals surface area contributed by atoms with Crippen LogP contribution in [-0.2, 0) is 6.42 Å². The Morgan fingerprint density at radius 3 is 2.86 bits per heavy atom. The summed E-state index contributed by atoms with van der Waals surface area (Å²) in [5.74, 6) is 0.854. The summed E-state index contributed by atoms with van der Waals surface area (Å²) >= 11 is 4.99. The van der Waals surface area contributed by atoms with Crippen molar-refractivity contribution in [3.8, 4) is 0 Å². The molecule has 0 spiro atoms. The van der Waals surface area contributed by atoms with E-state index >= 15 is 0 Å². The molecular weight excluding hydrogens is 348 g/mol. The van der Waals surface area contributed by atoms with E-state index in [-0.39, 0.29) is 0 Å². The molecule has 0 aliphatic carbocycles. The van der Waals surface area contributed by atoms with Gasteiger partial charge >= 0.3 is 0 Å². The smallest absolute Gasteiger partial charge is 0.130 e. The molecule has 0 radical (unpaired) electrons. The Balaban J connectivity index is 1.98. The van der Waals surface area contributed by atoms with Crippen LogP contribution in [0.15, 0.2) is 51.3 Å². The van der Waals surface area contributed by atoms with Gasteiger partial charge in [0.05, 0.1) is 5.52 Å². The summed E-state index contributed by atoms with van der Waals surface area (Å²) in [6, 6.07) is 9.90. The fourth-order valence-corrected chi connectivity index (χ4v) is 3.47. The molecule has 0 atom stereocenters. The van der Waals surface area contributed by atoms with Crippen LogP contribution >= 0.6 is 27.7 Å². The van der Waals surface area contributed by atoms with Gasteiger partial charge in [0.25, 0.3) is 0 Å². The molecule has 0 unspecified atom stereocenters. The van der Waals surface area contributed by atoms with Crippen LogP contribution in [0.2, 0.25) is 0 Å². The van der Waals surface area contributed by atoms with Gasteiger partial charge in [-0.1, -0.05) is 25.1 Å². The van der Waals surface area contributed by atoms with E-state index in [1.54, 1.807) is 6.33 Å². The first kappa shape index (κ1) is 14.4. The van der Waals surface area contributed by atoms with Crippen molar-refractivity contribution >= 4 is 38.6 Å². The minimum atomic E-state index is 0.807. The molecule has 4 nitrogen and oxygen atoms in total. The molecule has 0 aliphatic rings. The van der Waals surface area contributed by atoms with Gasteiger partial charge in [0.1, 0.15) is 26.8 Å². The van der Waals surface area contributed by atoms with Gasteiger partial charge in [-0.15, -0.1) is 0 Å². The van der Waals surface area contributed by atoms with Crippen LogP contribution in [0.25, 0.3) is 10.9 Å². The second kappa shape index (κ2) is 6.49. The van der Waals surface area contributed by atoms with Crippen molar-refractivity contribution in [2.45, 2.75) is 29.8 Å². The maximum atomic E-state index is 4.59. The predicted molar refractivity (Wildman–Crippen MR) is 87.4 cm³/mol. The molecule has 0 amide bonds. The molecule has 0 aliphatic heterocycles. The molecule has 2 heterocycles. The quantitative estimate of drug-likeness (QED) is 0.649. The number of halogens is 1. The van der Waals surface area contributed by atoms with Crippen LogP contribution in [-0.4, -0.2) is 19.9 Å². The third kappa shape index (κ3) is 3.39. The summed E-state index contributed by atoms with van der Waals surface area (Å²) in [4.78, 5) is 17.6. The first-order chi connectivity index (χ1) is 10.3. The topological polar surface area (TPSA) is 51.6 Å². The lowest BCUT2D eigenvalue weighted by atomic mass is 10.2. The molecule has 3 aromatic rings. The SMILES string of the molecule is CCCc1nc(Br)cc(Sc2ncnc3ccccc23)n1. The Bertz CT molecular complexity index is 773. The van der Waals surface area contributed by atoms with Crippen molar-refractivity contribution in [3.63, 3.8) is 0 Å². The highest BCUT2D eigenvalue weighted by atomic mass is 79.9. The van der Waals surface area contributed by atoms with Crippen molar-refractivity contribution in [1.29, 1.82) is 0 Å². The van der Waals surface area contributed by atoms with Gasteiger partial charge in [-0.3, -0.25) is 0 Å². The van der Waals surface area contributed by atoms with Gasteiger partial charge in [-0.2, -0.15) is 0 Å². The van der Waals surface area contributed by atoms with Crippen LogP contribution in [0.3, 0.4) is 0 Å². The minimum Gasteiger partial charge on any atom is -0.236 e. The summed E-state index contributed by atoms with van der Waals surface area (Å²) in [6.45, 7) is 2.12. The lowest BCUT2D eigenvalue weighted by molar-refractivity contribution is 0.802. The molecule has 21 heavy (non-hydrogen) atoms. The molecular formula is C15H13BrN4S. The van der Waals surface area contributed by atoms with Crippen LogP contribution < -0.4 is 0 Å². The number of hydrogen-bond donors (Lipinski definition) is 0. The number of hydrogen-bond acceptors (Lipinski definition) is 5. The number of nitrogens with zero attached hydrogens (tertiary/aromatic N) is 4. The molecule has 106 valence electrons. The number of aromatic nitrogens is 4. The Morgan fingerprint density at radius 1 is 1.14 bits per heavy atom. The third-order valence-electron chi connectivity index (χ3n) is 2.90. The molecule has 0 bridgehead atoms. The van der Waals surface area contributed by atoms with Gasteiger partial charge < -0.3 is 0 Å². The summed E-state index contributed by atoms with van der Waals surface area (Å²) in [5.41, 5.74) is 0.942. The maximum Gasteiger partial charge on any atom is 0.130 e. The van der Waals surface area contributed by atoms with Gasteiger partial charge in [-0.25, -0.2) is 19.9 Å².